The number of hydrogen-bond donors (Lipinski definition) is 0. The van der Waals surface area contributed by atoms with Gasteiger partial charge in [-0.15, -0.1) is 0 Å². The molecule has 0 aliphatic heterocycles. The van der Waals surface area contributed by atoms with E-state index in [-0.39, 0.29) is 0 Å². The van der Waals surface area contributed by atoms with Gasteiger partial charge in [0.15, 0.2) is 0 Å². The number of hydrogen-bond acceptors (Lipinski definition) is 3. The van der Waals surface area contributed by atoms with Gasteiger partial charge in [0.1, 0.15) is 33.5 Å². The predicted octanol–water partition coefficient (Wildman–Crippen LogP) is 40.6. The smallest absolute Gasteiger partial charge is 0.136 e. The van der Waals surface area contributed by atoms with Crippen LogP contribution in [0.25, 0.3) is 296 Å². The summed E-state index contributed by atoms with van der Waals surface area (Å²) in [5, 5.41) is 31.6. The molecule has 0 aliphatic carbocycles. The van der Waals surface area contributed by atoms with Gasteiger partial charge in [-0.3, -0.25) is 0 Å². The van der Waals surface area contributed by atoms with Gasteiger partial charge in [0.05, 0.1) is 0 Å². The lowest BCUT2D eigenvalue weighted by atomic mass is 9.81. The molecule has 3 heterocycles. The molecule has 145 heavy (non-hydrogen) atoms. The molecule has 30 aromatic rings. The van der Waals surface area contributed by atoms with Crippen molar-refractivity contribution < 1.29 is 13.3 Å². The highest BCUT2D eigenvalue weighted by Gasteiger charge is 2.28. The van der Waals surface area contributed by atoms with Crippen LogP contribution < -0.4 is 0 Å². The highest BCUT2D eigenvalue weighted by molar-refractivity contribution is 6.28. The molecule has 3 aromatic heterocycles. The van der Waals surface area contributed by atoms with Crippen molar-refractivity contribution in [2.45, 2.75) is 0 Å². The molecule has 0 amide bonds. The third-order valence-corrected chi connectivity index (χ3v) is 30.0. The van der Waals surface area contributed by atoms with E-state index in [1.165, 1.54) is 213 Å². The minimum Gasteiger partial charge on any atom is -0.456 e. The number of fused-ring (bicyclic) bond motifs is 19. The van der Waals surface area contributed by atoms with Gasteiger partial charge in [0, 0.05) is 32.3 Å². The van der Waals surface area contributed by atoms with E-state index >= 15 is 0 Å². The fourth-order valence-corrected chi connectivity index (χ4v) is 23.6. The molecule has 30 rings (SSSR count). The van der Waals surface area contributed by atoms with Crippen LogP contribution in [0.1, 0.15) is 0 Å². The van der Waals surface area contributed by atoms with E-state index < -0.39 is 0 Å². The predicted molar refractivity (Wildman–Crippen MR) is 616 cm³/mol. The summed E-state index contributed by atoms with van der Waals surface area (Å²) in [4.78, 5) is 0. The summed E-state index contributed by atoms with van der Waals surface area (Å²) in [6.45, 7) is 0. The quantitative estimate of drug-likeness (QED) is 0.121. The monoisotopic (exact) mass is 1840 g/mol. The van der Waals surface area contributed by atoms with Crippen molar-refractivity contribution in [1.29, 1.82) is 0 Å². The van der Waals surface area contributed by atoms with Crippen LogP contribution in [-0.2, 0) is 0 Å². The first-order valence-corrected chi connectivity index (χ1v) is 49.9. The minimum atomic E-state index is 0.908. The zero-order valence-corrected chi connectivity index (χ0v) is 79.0. The number of furan rings is 3. The molecule has 0 fully saturated rings. The van der Waals surface area contributed by atoms with E-state index in [1.807, 2.05) is 36.4 Å². The molecule has 0 N–H and O–H groups in total. The summed E-state index contributed by atoms with van der Waals surface area (Å²) in [6, 6.07) is 193. The zero-order valence-electron chi connectivity index (χ0n) is 79.0. The van der Waals surface area contributed by atoms with Crippen molar-refractivity contribution in [3.05, 3.63) is 534 Å². The van der Waals surface area contributed by atoms with Crippen LogP contribution in [0.3, 0.4) is 0 Å². The van der Waals surface area contributed by atoms with Crippen molar-refractivity contribution in [2.75, 3.05) is 0 Å². The largest absolute Gasteiger partial charge is 0.456 e. The highest BCUT2D eigenvalue weighted by atomic mass is 16.3. The summed E-state index contributed by atoms with van der Waals surface area (Å²) in [7, 11) is 0. The van der Waals surface area contributed by atoms with Gasteiger partial charge in [-0.25, -0.2) is 0 Å². The van der Waals surface area contributed by atoms with E-state index in [0.717, 1.165) is 82.5 Å². The molecule has 0 atom stereocenters. The normalized spacial score (nSPS) is 11.7. The number of para-hydroxylation sites is 3. The molecule has 27 aromatic carbocycles. The van der Waals surface area contributed by atoms with Crippen LogP contribution in [0.15, 0.2) is 547 Å². The van der Waals surface area contributed by atoms with Gasteiger partial charge in [0.2, 0.25) is 0 Å². The Morgan fingerprint density at radius 1 is 0.0897 bits per heavy atom. The molecule has 0 spiro atoms. The lowest BCUT2D eigenvalue weighted by Crippen LogP contribution is -1.95. The van der Waals surface area contributed by atoms with Crippen molar-refractivity contribution in [1.82, 2.24) is 0 Å². The third-order valence-electron chi connectivity index (χ3n) is 30.0. The minimum absolute atomic E-state index is 0.908. The van der Waals surface area contributed by atoms with Gasteiger partial charge in [-0.05, 0) is 303 Å². The number of rotatable bonds is 11. The van der Waals surface area contributed by atoms with E-state index in [1.54, 1.807) is 0 Å². The molecule has 0 aliphatic rings. The fourth-order valence-electron chi connectivity index (χ4n) is 23.6. The first kappa shape index (κ1) is 84.0. The molecular formula is C142H88O3. The molecule has 0 saturated heterocycles. The summed E-state index contributed by atoms with van der Waals surface area (Å²) >= 11 is 0. The summed E-state index contributed by atoms with van der Waals surface area (Å²) in [5.74, 6) is 0. The second-order valence-electron chi connectivity index (χ2n) is 38.0. The molecule has 0 radical (unpaired) electrons. The van der Waals surface area contributed by atoms with E-state index in [4.69, 9.17) is 13.3 Å². The van der Waals surface area contributed by atoms with E-state index in [0.29, 0.717) is 0 Å². The van der Waals surface area contributed by atoms with Crippen molar-refractivity contribution in [2.24, 2.45) is 0 Å². The lowest BCUT2D eigenvalue weighted by molar-refractivity contribution is 0.668. The van der Waals surface area contributed by atoms with Crippen LogP contribution >= 0.6 is 0 Å². The van der Waals surface area contributed by atoms with Crippen LogP contribution in [0.2, 0.25) is 0 Å². The third kappa shape index (κ3) is 14.3. The van der Waals surface area contributed by atoms with Gasteiger partial charge >= 0.3 is 0 Å². The van der Waals surface area contributed by atoms with Crippen LogP contribution in [0.4, 0.5) is 0 Å². The Bertz CT molecular complexity index is 10300. The van der Waals surface area contributed by atoms with Crippen molar-refractivity contribution >= 4 is 174 Å². The van der Waals surface area contributed by atoms with E-state index in [2.05, 4.69) is 497 Å². The fraction of sp³-hybridized carbons (Fsp3) is 0. The summed E-state index contributed by atoms with van der Waals surface area (Å²) in [5.41, 5.74) is 32.4. The molecule has 0 saturated carbocycles. The zero-order chi connectivity index (χ0) is 95.5. The second kappa shape index (κ2) is 35.1. The summed E-state index contributed by atoms with van der Waals surface area (Å²) < 4.78 is 19.1. The first-order chi connectivity index (χ1) is 72.0. The van der Waals surface area contributed by atoms with Gasteiger partial charge in [-0.1, -0.05) is 461 Å². The topological polar surface area (TPSA) is 39.4 Å². The lowest BCUT2D eigenvalue weighted by Gasteiger charge is -2.22. The van der Waals surface area contributed by atoms with Crippen LogP contribution in [0.5, 0.6) is 0 Å². The van der Waals surface area contributed by atoms with E-state index in [9.17, 15) is 0 Å². The molecular weight excluding hydrogens is 1750 g/mol. The number of benzene rings is 27. The Hall–Kier alpha value is -19.1. The highest BCUT2D eigenvalue weighted by Crippen LogP contribution is 2.55. The van der Waals surface area contributed by atoms with Gasteiger partial charge in [0.25, 0.3) is 0 Å². The molecule has 3 nitrogen and oxygen atoms in total. The maximum Gasteiger partial charge on any atom is 0.136 e. The summed E-state index contributed by atoms with van der Waals surface area (Å²) in [6.07, 6.45) is 0. The Morgan fingerprint density at radius 3 is 0.759 bits per heavy atom. The first-order valence-electron chi connectivity index (χ1n) is 49.9. The van der Waals surface area contributed by atoms with Crippen LogP contribution in [0, 0.1) is 0 Å². The molecule has 0 unspecified atom stereocenters. The maximum atomic E-state index is 6.39. The Labute approximate surface area is 836 Å². The SMILES string of the molecule is c1ccc(-c2ccccc2-c2c(-c3c4ccccc4c(-c4ccc5c(c4)oc4ccccc45)c4ccccc34)ccc3ccccc23)cc1.c1ccc(-c2ccccc2-c2cccc3ccc(-c4c5ccccc5c(-c5ccc6c(c5)oc5ccccc56)c5ccccc45)cc23)cc1.c1ccc2cc(-c3c4ccccc4c(-c4ccc5c(c4)oc4ccccc45)c4ccccc34)c(-c3cccc4ccccc34)cc2c1. The molecule has 3 heteroatoms. The maximum absolute atomic E-state index is 6.39. The average molecular weight is 1840 g/mol. The average Bonchev–Trinajstić information content (AvgIpc) is 1.49. The standard InChI is InChI=1S/2C48H30O.C46H28O/c1-2-13-31(14-3-1)35-16-4-5-17-36(35)37-23-12-15-32-25-26-33(29-44(32)37)47-40-19-6-8-21-42(40)48(43-22-9-7-20-41(43)47)34-27-28-39-38-18-10-11-24-45(38)49-46(39)30-34;1-2-14-31(15-3-1)34-17-6-7-20-38(34)47-35-18-5-4-16-32(35)26-29-43(47)48-41-23-10-8-21-39(41)46(40-22-9-11-24-42(40)48)33-27-28-37-36-19-12-13-25-44(36)49-45(37)30-33;1-2-14-31-27-42(41(26-30(31)13-1)34-22-11-15-29-12-3-4-16-33(29)34)46-39-20-7-5-18-37(39)45(38-19-6-8-21-40(38)46)32-24-25-36-35-17-9-10-23-43(35)47-44(36)28-32/h2*1-30H;1-28H. The van der Waals surface area contributed by atoms with Crippen molar-refractivity contribution in [3.8, 4) is 122 Å². The molecule has 674 valence electrons. The molecule has 0 bridgehead atoms. The Morgan fingerprint density at radius 2 is 0.345 bits per heavy atom. The van der Waals surface area contributed by atoms with Gasteiger partial charge < -0.3 is 13.3 Å². The van der Waals surface area contributed by atoms with Crippen LogP contribution in [-0.4, -0.2) is 0 Å². The van der Waals surface area contributed by atoms with Gasteiger partial charge in [-0.2, -0.15) is 0 Å². The second-order valence-corrected chi connectivity index (χ2v) is 38.0. The van der Waals surface area contributed by atoms with Crippen molar-refractivity contribution in [3.63, 3.8) is 0 Å². The Balaban J connectivity index is 0.000000106. The Kier molecular flexibility index (Phi) is 20.3.